The Kier molecular flexibility index (Phi) is 5.07. The van der Waals surface area contributed by atoms with Crippen molar-refractivity contribution in [3.05, 3.63) is 29.3 Å². The maximum absolute atomic E-state index is 12.1. The Hall–Kier alpha value is -2.37. The summed E-state index contributed by atoms with van der Waals surface area (Å²) in [6.07, 6.45) is 4.70. The van der Waals surface area contributed by atoms with Crippen molar-refractivity contribution in [2.24, 2.45) is 5.73 Å². The molecule has 1 atom stereocenters. The third-order valence-electron chi connectivity index (χ3n) is 2.70. The minimum atomic E-state index is -4.13. The van der Waals surface area contributed by atoms with Gasteiger partial charge in [0.1, 0.15) is 6.04 Å². The maximum Gasteiger partial charge on any atom is 0.322 e. The number of amides is 1. The number of hydrogen-bond donors (Lipinski definition) is 3. The molecule has 0 aliphatic rings. The van der Waals surface area contributed by atoms with Gasteiger partial charge in [-0.3, -0.25) is 9.59 Å². The molecule has 0 radical (unpaired) electrons. The van der Waals surface area contributed by atoms with Gasteiger partial charge in [0.25, 0.3) is 0 Å². The van der Waals surface area contributed by atoms with Gasteiger partial charge in [0.2, 0.25) is 15.9 Å². The first-order valence-corrected chi connectivity index (χ1v) is 7.26. The summed E-state index contributed by atoms with van der Waals surface area (Å²) in [4.78, 5) is 21.9. The number of carboxylic acid groups (broad SMARTS) is 1. The molecular formula is C13H14N2O5S. The van der Waals surface area contributed by atoms with Gasteiger partial charge in [-0.05, 0) is 24.6 Å². The number of nitrogens with two attached hydrogens (primary N) is 1. The van der Waals surface area contributed by atoms with E-state index < -0.39 is 27.9 Å². The molecule has 0 aliphatic heterocycles. The fraction of sp³-hybridized carbons (Fsp3) is 0.231. The average Bonchev–Trinajstić information content (AvgIpc) is 2.37. The molecule has 1 aromatic rings. The molecule has 7 nitrogen and oxygen atoms in total. The summed E-state index contributed by atoms with van der Waals surface area (Å²) in [5.41, 5.74) is 5.71. The molecule has 4 N–H and O–H groups in total. The van der Waals surface area contributed by atoms with Crippen molar-refractivity contribution in [1.82, 2.24) is 4.72 Å². The fourth-order valence-corrected chi connectivity index (χ4v) is 2.80. The van der Waals surface area contributed by atoms with E-state index in [9.17, 15) is 18.0 Å². The quantitative estimate of drug-likeness (QED) is 0.630. The highest BCUT2D eigenvalue weighted by Crippen LogP contribution is 2.16. The number of rotatable bonds is 6. The van der Waals surface area contributed by atoms with Gasteiger partial charge in [0.05, 0.1) is 4.90 Å². The monoisotopic (exact) mass is 310 g/mol. The van der Waals surface area contributed by atoms with Gasteiger partial charge in [-0.1, -0.05) is 6.07 Å². The van der Waals surface area contributed by atoms with Crippen LogP contribution in [0, 0.1) is 19.3 Å². The first kappa shape index (κ1) is 16.7. The van der Waals surface area contributed by atoms with Crippen LogP contribution in [0.5, 0.6) is 0 Å². The second-order valence-electron chi connectivity index (χ2n) is 4.26. The third kappa shape index (κ3) is 4.05. The van der Waals surface area contributed by atoms with Crippen LogP contribution < -0.4 is 10.5 Å². The van der Waals surface area contributed by atoms with Crippen molar-refractivity contribution in [3.63, 3.8) is 0 Å². The predicted octanol–water partition coefficient (Wildman–Crippen LogP) is -0.151. The number of benzene rings is 1. The first-order valence-electron chi connectivity index (χ1n) is 5.78. The smallest absolute Gasteiger partial charge is 0.322 e. The maximum atomic E-state index is 12.1. The summed E-state index contributed by atoms with van der Waals surface area (Å²) in [7, 11) is -4.13. The molecule has 0 saturated carbocycles. The van der Waals surface area contributed by atoms with E-state index in [0.29, 0.717) is 5.56 Å². The molecular weight excluding hydrogens is 296 g/mol. The van der Waals surface area contributed by atoms with E-state index in [0.717, 1.165) is 6.07 Å². The molecule has 0 fully saturated rings. The van der Waals surface area contributed by atoms with Crippen LogP contribution in [0.3, 0.4) is 0 Å². The zero-order valence-electron chi connectivity index (χ0n) is 11.2. The van der Waals surface area contributed by atoms with Gasteiger partial charge in [-0.25, -0.2) is 8.42 Å². The highest BCUT2D eigenvalue weighted by atomic mass is 32.2. The Labute approximate surface area is 122 Å². The molecule has 0 saturated heterocycles. The molecule has 1 amide bonds. The lowest BCUT2D eigenvalue weighted by Gasteiger charge is -2.13. The summed E-state index contributed by atoms with van der Waals surface area (Å²) in [6, 6.07) is 2.30. The van der Waals surface area contributed by atoms with Gasteiger partial charge >= 0.3 is 5.97 Å². The zero-order valence-corrected chi connectivity index (χ0v) is 12.0. The number of carbonyl (C=O) groups excluding carboxylic acids is 1. The Bertz CT molecular complexity index is 719. The van der Waals surface area contributed by atoms with Crippen molar-refractivity contribution < 1.29 is 23.1 Å². The second-order valence-corrected chi connectivity index (χ2v) is 5.98. The zero-order chi connectivity index (χ0) is 16.2. The molecule has 1 rings (SSSR count). The van der Waals surface area contributed by atoms with Gasteiger partial charge in [-0.15, -0.1) is 12.3 Å². The van der Waals surface area contributed by atoms with E-state index in [-0.39, 0.29) is 16.9 Å². The molecule has 1 unspecified atom stereocenters. The van der Waals surface area contributed by atoms with Crippen LogP contribution in [0.25, 0.3) is 0 Å². The van der Waals surface area contributed by atoms with Crippen molar-refractivity contribution in [2.45, 2.75) is 24.3 Å². The molecule has 112 valence electrons. The molecule has 8 heteroatoms. The van der Waals surface area contributed by atoms with Crippen molar-refractivity contribution in [3.8, 4) is 12.3 Å². The molecule has 0 heterocycles. The molecule has 0 aromatic heterocycles. The number of aliphatic carboxylic acids is 1. The van der Waals surface area contributed by atoms with Crippen LogP contribution in [0.4, 0.5) is 0 Å². The van der Waals surface area contributed by atoms with Crippen LogP contribution in [0.2, 0.25) is 0 Å². The highest BCUT2D eigenvalue weighted by molar-refractivity contribution is 7.89. The van der Waals surface area contributed by atoms with Gasteiger partial charge < -0.3 is 10.8 Å². The summed E-state index contributed by atoms with van der Waals surface area (Å²) in [5.74, 6) is -0.0851. The van der Waals surface area contributed by atoms with Crippen LogP contribution in [-0.4, -0.2) is 31.4 Å². The lowest BCUT2D eigenvalue weighted by molar-refractivity contribution is -0.138. The minimum absolute atomic E-state index is 0.0432. The fourth-order valence-electron chi connectivity index (χ4n) is 1.59. The summed E-state index contributed by atoms with van der Waals surface area (Å²) in [6.45, 7) is 1.60. The molecule has 0 bridgehead atoms. The van der Waals surface area contributed by atoms with Gasteiger partial charge in [0, 0.05) is 12.0 Å². The van der Waals surface area contributed by atoms with Crippen LogP contribution >= 0.6 is 0 Å². The van der Waals surface area contributed by atoms with E-state index >= 15 is 0 Å². The standard InChI is InChI=1S/C13H14N2O5S/c1-3-4-11(13(17)18)15-21(19,20)9-6-5-8(2)10(7-9)12(14)16/h1,5-7,11,15H,4H2,2H3,(H2,14,16)(H,17,18). The number of hydrogen-bond acceptors (Lipinski definition) is 4. The van der Waals surface area contributed by atoms with Crippen molar-refractivity contribution in [1.29, 1.82) is 0 Å². The normalized spacial score (nSPS) is 12.4. The lowest BCUT2D eigenvalue weighted by Crippen LogP contribution is -2.40. The molecule has 21 heavy (non-hydrogen) atoms. The van der Waals surface area contributed by atoms with E-state index in [4.69, 9.17) is 17.3 Å². The second kappa shape index (κ2) is 6.39. The largest absolute Gasteiger partial charge is 0.480 e. The first-order chi connectivity index (χ1) is 9.69. The van der Waals surface area contributed by atoms with Crippen LogP contribution in [0.1, 0.15) is 22.3 Å². The molecule has 0 aliphatic carbocycles. The number of aryl methyl sites for hydroxylation is 1. The van der Waals surface area contributed by atoms with E-state index in [1.54, 1.807) is 6.92 Å². The number of primary amides is 1. The van der Waals surface area contributed by atoms with Crippen LogP contribution in [-0.2, 0) is 14.8 Å². The summed E-state index contributed by atoms with van der Waals surface area (Å²) in [5, 5.41) is 8.90. The third-order valence-corrected chi connectivity index (χ3v) is 4.17. The van der Waals surface area contributed by atoms with E-state index in [1.165, 1.54) is 12.1 Å². The van der Waals surface area contributed by atoms with Crippen molar-refractivity contribution in [2.75, 3.05) is 0 Å². The average molecular weight is 310 g/mol. The lowest BCUT2D eigenvalue weighted by atomic mass is 10.1. The van der Waals surface area contributed by atoms with Crippen LogP contribution in [0.15, 0.2) is 23.1 Å². The number of nitrogens with one attached hydrogen (secondary N) is 1. The summed E-state index contributed by atoms with van der Waals surface area (Å²) >= 11 is 0. The Morgan fingerprint density at radius 2 is 2.10 bits per heavy atom. The molecule has 0 spiro atoms. The predicted molar refractivity (Wildman–Crippen MR) is 74.9 cm³/mol. The Morgan fingerprint density at radius 3 is 2.57 bits per heavy atom. The Morgan fingerprint density at radius 1 is 1.48 bits per heavy atom. The van der Waals surface area contributed by atoms with Gasteiger partial charge in [0.15, 0.2) is 0 Å². The number of sulfonamides is 1. The summed E-state index contributed by atoms with van der Waals surface area (Å²) < 4.78 is 26.2. The Balaban J connectivity index is 3.20. The SMILES string of the molecule is C#CCC(NS(=O)(=O)c1ccc(C)c(C(N)=O)c1)C(=O)O. The molecule has 1 aromatic carbocycles. The topological polar surface area (TPSA) is 127 Å². The van der Waals surface area contributed by atoms with Gasteiger partial charge in [-0.2, -0.15) is 4.72 Å². The number of terminal acetylenes is 1. The highest BCUT2D eigenvalue weighted by Gasteiger charge is 2.25. The van der Waals surface area contributed by atoms with Crippen molar-refractivity contribution >= 4 is 21.9 Å². The number of carbonyl (C=O) groups is 2. The van der Waals surface area contributed by atoms with E-state index in [2.05, 4.69) is 5.92 Å². The number of carboxylic acids is 1. The van der Waals surface area contributed by atoms with E-state index in [1.807, 2.05) is 4.72 Å². The minimum Gasteiger partial charge on any atom is -0.480 e.